The highest BCUT2D eigenvalue weighted by Gasteiger charge is 2.12. The van der Waals surface area contributed by atoms with Crippen LogP contribution >= 0.6 is 27.3 Å². The van der Waals surface area contributed by atoms with E-state index in [-0.39, 0.29) is 11.7 Å². The Morgan fingerprint density at radius 2 is 2.00 bits per heavy atom. The summed E-state index contributed by atoms with van der Waals surface area (Å²) in [5, 5.41) is 2.72. The molecular formula is C13H11BrFNOS. The Morgan fingerprint density at radius 1 is 1.28 bits per heavy atom. The Morgan fingerprint density at radius 3 is 2.61 bits per heavy atom. The third-order valence-electron chi connectivity index (χ3n) is 2.53. The van der Waals surface area contributed by atoms with Gasteiger partial charge in [-0.3, -0.25) is 4.79 Å². The number of rotatable bonds is 2. The van der Waals surface area contributed by atoms with Crippen LogP contribution in [0.1, 0.15) is 20.8 Å². The van der Waals surface area contributed by atoms with Crippen LogP contribution in [0, 0.1) is 19.7 Å². The van der Waals surface area contributed by atoms with Crippen molar-refractivity contribution >= 4 is 38.9 Å². The van der Waals surface area contributed by atoms with Gasteiger partial charge < -0.3 is 5.32 Å². The van der Waals surface area contributed by atoms with Crippen LogP contribution in [0.25, 0.3) is 0 Å². The monoisotopic (exact) mass is 327 g/mol. The molecule has 0 bridgehead atoms. The van der Waals surface area contributed by atoms with Crippen LogP contribution in [0.4, 0.5) is 10.1 Å². The topological polar surface area (TPSA) is 29.1 Å². The molecule has 0 saturated heterocycles. The van der Waals surface area contributed by atoms with Crippen molar-refractivity contribution in [1.82, 2.24) is 0 Å². The number of anilines is 1. The molecule has 5 heteroatoms. The summed E-state index contributed by atoms with van der Waals surface area (Å²) < 4.78 is 14.0. The lowest BCUT2D eigenvalue weighted by molar-refractivity contribution is 0.103. The average Bonchev–Trinajstić information content (AvgIpc) is 2.64. The van der Waals surface area contributed by atoms with Crippen molar-refractivity contribution in [2.75, 3.05) is 5.32 Å². The molecule has 0 aliphatic rings. The number of halogens is 2. The Labute approximate surface area is 117 Å². The van der Waals surface area contributed by atoms with Crippen LogP contribution in [-0.4, -0.2) is 5.91 Å². The van der Waals surface area contributed by atoms with Crippen LogP contribution in [0.5, 0.6) is 0 Å². The third-order valence-corrected chi connectivity index (χ3v) is 4.66. The summed E-state index contributed by atoms with van der Waals surface area (Å²) in [6.45, 7) is 3.75. The highest BCUT2D eigenvalue weighted by atomic mass is 79.9. The summed E-state index contributed by atoms with van der Waals surface area (Å²) in [6, 6.07) is 6.14. The second-order valence-electron chi connectivity index (χ2n) is 3.98. The fourth-order valence-corrected chi connectivity index (χ4v) is 2.91. The number of carbonyl (C=O) groups excluding carboxylic acids is 1. The maximum Gasteiger partial charge on any atom is 0.265 e. The van der Waals surface area contributed by atoms with Crippen molar-refractivity contribution in [2.45, 2.75) is 13.8 Å². The van der Waals surface area contributed by atoms with E-state index in [2.05, 4.69) is 21.2 Å². The van der Waals surface area contributed by atoms with Gasteiger partial charge in [0.2, 0.25) is 0 Å². The van der Waals surface area contributed by atoms with E-state index in [0.29, 0.717) is 10.6 Å². The SMILES string of the molecule is Cc1ccc(F)cc1NC(=O)c1cc(C)c(Br)s1. The molecule has 0 spiro atoms. The standard InChI is InChI=1S/C13H11BrFNOS/c1-7-3-4-9(15)6-10(7)16-13(17)11-5-8(2)12(14)18-11/h3-6H,1-2H3,(H,16,17). The molecule has 0 aliphatic carbocycles. The van der Waals surface area contributed by atoms with Gasteiger partial charge in [0.25, 0.3) is 5.91 Å². The molecule has 1 amide bonds. The molecule has 94 valence electrons. The van der Waals surface area contributed by atoms with E-state index in [4.69, 9.17) is 0 Å². The summed E-state index contributed by atoms with van der Waals surface area (Å²) in [7, 11) is 0. The van der Waals surface area contributed by atoms with Crippen molar-refractivity contribution in [2.24, 2.45) is 0 Å². The molecular weight excluding hydrogens is 317 g/mol. The van der Waals surface area contributed by atoms with Crippen LogP contribution in [-0.2, 0) is 0 Å². The number of aryl methyl sites for hydroxylation is 2. The van der Waals surface area contributed by atoms with E-state index in [0.717, 1.165) is 14.9 Å². The predicted octanol–water partition coefficient (Wildman–Crippen LogP) is 4.52. The Kier molecular flexibility index (Phi) is 3.82. The van der Waals surface area contributed by atoms with E-state index in [1.807, 2.05) is 13.8 Å². The first-order chi connectivity index (χ1) is 8.47. The Balaban J connectivity index is 2.23. The average molecular weight is 328 g/mol. The highest BCUT2D eigenvalue weighted by Crippen LogP contribution is 2.28. The number of amides is 1. The predicted molar refractivity (Wildman–Crippen MR) is 75.8 cm³/mol. The molecule has 1 N–H and O–H groups in total. The van der Waals surface area contributed by atoms with Crippen LogP contribution < -0.4 is 5.32 Å². The summed E-state index contributed by atoms with van der Waals surface area (Å²) >= 11 is 4.74. The Hall–Kier alpha value is -1.20. The number of hydrogen-bond donors (Lipinski definition) is 1. The summed E-state index contributed by atoms with van der Waals surface area (Å²) in [4.78, 5) is 12.6. The molecule has 1 aromatic carbocycles. The second kappa shape index (κ2) is 5.20. The summed E-state index contributed by atoms with van der Waals surface area (Å²) in [5.41, 5.74) is 2.35. The first-order valence-corrected chi connectivity index (χ1v) is 6.92. The van der Waals surface area contributed by atoms with Gasteiger partial charge in [-0.2, -0.15) is 0 Å². The van der Waals surface area contributed by atoms with Gasteiger partial charge in [-0.1, -0.05) is 6.07 Å². The van der Waals surface area contributed by atoms with Crippen molar-refractivity contribution in [3.8, 4) is 0 Å². The minimum Gasteiger partial charge on any atom is -0.321 e. The lowest BCUT2D eigenvalue weighted by Crippen LogP contribution is -2.11. The lowest BCUT2D eigenvalue weighted by atomic mass is 10.2. The van der Waals surface area contributed by atoms with Gasteiger partial charge in [0.1, 0.15) is 5.82 Å². The van der Waals surface area contributed by atoms with E-state index < -0.39 is 0 Å². The molecule has 0 radical (unpaired) electrons. The van der Waals surface area contributed by atoms with E-state index >= 15 is 0 Å². The van der Waals surface area contributed by atoms with Crippen molar-refractivity contribution in [3.63, 3.8) is 0 Å². The maximum absolute atomic E-state index is 13.1. The number of hydrogen-bond acceptors (Lipinski definition) is 2. The minimum atomic E-state index is -0.362. The molecule has 1 heterocycles. The van der Waals surface area contributed by atoms with Crippen molar-refractivity contribution in [1.29, 1.82) is 0 Å². The van der Waals surface area contributed by atoms with Crippen LogP contribution in [0.2, 0.25) is 0 Å². The maximum atomic E-state index is 13.1. The number of benzene rings is 1. The van der Waals surface area contributed by atoms with Gasteiger partial charge in [0, 0.05) is 5.69 Å². The highest BCUT2D eigenvalue weighted by molar-refractivity contribution is 9.11. The fourth-order valence-electron chi connectivity index (χ4n) is 1.48. The zero-order valence-corrected chi connectivity index (χ0v) is 12.3. The number of carbonyl (C=O) groups is 1. The van der Waals surface area contributed by atoms with Gasteiger partial charge in [-0.25, -0.2) is 4.39 Å². The fraction of sp³-hybridized carbons (Fsp3) is 0.154. The third kappa shape index (κ3) is 2.79. The molecule has 18 heavy (non-hydrogen) atoms. The molecule has 2 aromatic rings. The molecule has 0 unspecified atom stereocenters. The van der Waals surface area contributed by atoms with Crippen LogP contribution in [0.3, 0.4) is 0 Å². The second-order valence-corrected chi connectivity index (χ2v) is 6.35. The van der Waals surface area contributed by atoms with Gasteiger partial charge in [0.05, 0.1) is 8.66 Å². The van der Waals surface area contributed by atoms with E-state index in [9.17, 15) is 9.18 Å². The normalized spacial score (nSPS) is 10.4. The number of thiophene rings is 1. The quantitative estimate of drug-likeness (QED) is 0.863. The summed E-state index contributed by atoms with van der Waals surface area (Å²) in [5.74, 6) is -0.582. The zero-order valence-electron chi connectivity index (χ0n) is 9.88. The molecule has 0 fully saturated rings. The number of nitrogens with one attached hydrogen (secondary N) is 1. The van der Waals surface area contributed by atoms with E-state index in [1.165, 1.54) is 23.5 Å². The first kappa shape index (κ1) is 13.2. The van der Waals surface area contributed by atoms with Gasteiger partial charge >= 0.3 is 0 Å². The minimum absolute atomic E-state index is 0.220. The van der Waals surface area contributed by atoms with E-state index in [1.54, 1.807) is 12.1 Å². The molecule has 2 nitrogen and oxygen atoms in total. The smallest absolute Gasteiger partial charge is 0.265 e. The van der Waals surface area contributed by atoms with Gasteiger partial charge in [-0.15, -0.1) is 11.3 Å². The van der Waals surface area contributed by atoms with Gasteiger partial charge in [0.15, 0.2) is 0 Å². The Bertz CT molecular complexity index is 590. The molecule has 0 saturated carbocycles. The first-order valence-electron chi connectivity index (χ1n) is 5.31. The van der Waals surface area contributed by atoms with Crippen LogP contribution in [0.15, 0.2) is 28.1 Å². The van der Waals surface area contributed by atoms with Crippen molar-refractivity contribution < 1.29 is 9.18 Å². The van der Waals surface area contributed by atoms with Gasteiger partial charge in [-0.05, 0) is 59.1 Å². The molecule has 0 aliphatic heterocycles. The summed E-state index contributed by atoms with van der Waals surface area (Å²) in [6.07, 6.45) is 0. The zero-order chi connectivity index (χ0) is 13.3. The molecule has 1 aromatic heterocycles. The van der Waals surface area contributed by atoms with Crippen molar-refractivity contribution in [3.05, 3.63) is 49.9 Å². The largest absolute Gasteiger partial charge is 0.321 e. The molecule has 0 atom stereocenters. The lowest BCUT2D eigenvalue weighted by Gasteiger charge is -2.07. The molecule has 2 rings (SSSR count).